The molecule has 5 atom stereocenters. The van der Waals surface area contributed by atoms with Gasteiger partial charge in [-0.25, -0.2) is 9.13 Å². The number of unbranched alkanes of at least 4 members (excludes halogenated alkanes) is 21. The van der Waals surface area contributed by atoms with Crippen LogP contribution < -0.4 is 0 Å². The van der Waals surface area contributed by atoms with Crippen LogP contribution in [-0.4, -0.2) is 96.7 Å². The number of hydrogen-bond donors (Lipinski definition) is 3. The lowest BCUT2D eigenvalue weighted by molar-refractivity contribution is -0.161. The van der Waals surface area contributed by atoms with Gasteiger partial charge in [-0.2, -0.15) is 0 Å². The van der Waals surface area contributed by atoms with Crippen LogP contribution in [0.15, 0.2) is 134 Å². The van der Waals surface area contributed by atoms with Crippen LogP contribution in [0.25, 0.3) is 0 Å². The maximum Gasteiger partial charge on any atom is 0.472 e. The molecule has 0 aliphatic heterocycles. The van der Waals surface area contributed by atoms with E-state index in [1.807, 2.05) is 0 Å². The third-order valence-corrected chi connectivity index (χ3v) is 17.0. The van der Waals surface area contributed by atoms with E-state index in [1.165, 1.54) is 25.7 Å². The zero-order valence-corrected chi connectivity index (χ0v) is 62.7. The van der Waals surface area contributed by atoms with Gasteiger partial charge in [0.25, 0.3) is 0 Å². The number of ether oxygens (including phenoxy) is 4. The quantitative estimate of drug-likeness (QED) is 0.0169. The first kappa shape index (κ1) is 93.2. The number of phosphoric ester groups is 2. The van der Waals surface area contributed by atoms with Gasteiger partial charge in [0.2, 0.25) is 0 Å². The fourth-order valence-corrected chi connectivity index (χ4v) is 11.0. The van der Waals surface area contributed by atoms with E-state index >= 15 is 0 Å². The van der Waals surface area contributed by atoms with E-state index in [1.54, 1.807) is 0 Å². The maximum absolute atomic E-state index is 13.1. The lowest BCUT2D eigenvalue weighted by Crippen LogP contribution is -2.30. The standard InChI is InChI=1S/C79H132O17P2/c1-5-9-13-17-21-25-29-33-36-40-43-47-51-55-59-63-76(81)89-69-74(95-78(83)65-61-57-53-49-45-39-32-28-24-20-16-12-8-4)71-93-97(85,86)91-67-73(80)68-92-98(87,88)94-72-75(96-79(84)66-62-58-54-50-46-42-38-35-31-27-23-19-15-11-7-3)70-90-77(82)64-60-56-52-48-44-41-37-34-30-26-22-18-14-10-6-2/h9-11,13-15,21-23,25-28,32-38,44,48,73-75,80H,5-8,12,16-20,24,29-31,39-43,45-47,49-72H2,1-4H3,(H,85,86)(H,87,88)/b13-9-,14-10-,15-11-,25-21-,26-22-,27-23-,32-28-,36-33-,37-34-,38-35-,48-44-. The Labute approximate surface area is 593 Å². The highest BCUT2D eigenvalue weighted by atomic mass is 31.2. The van der Waals surface area contributed by atoms with Gasteiger partial charge < -0.3 is 33.8 Å². The Balaban J connectivity index is 5.42. The second-order valence-electron chi connectivity index (χ2n) is 24.4. The molecule has 5 unspecified atom stereocenters. The van der Waals surface area contributed by atoms with E-state index in [2.05, 4.69) is 161 Å². The van der Waals surface area contributed by atoms with Crippen molar-refractivity contribution >= 4 is 39.5 Å². The van der Waals surface area contributed by atoms with Gasteiger partial charge >= 0.3 is 39.5 Å². The van der Waals surface area contributed by atoms with Crippen molar-refractivity contribution in [1.82, 2.24) is 0 Å². The Morgan fingerprint density at radius 2 is 0.531 bits per heavy atom. The lowest BCUT2D eigenvalue weighted by Gasteiger charge is -2.21. The smallest absolute Gasteiger partial charge is 0.462 e. The molecule has 0 aliphatic rings. The highest BCUT2D eigenvalue weighted by Crippen LogP contribution is 2.45. The summed E-state index contributed by atoms with van der Waals surface area (Å²) in [4.78, 5) is 72.8. The van der Waals surface area contributed by atoms with Gasteiger partial charge in [0.05, 0.1) is 26.4 Å². The summed E-state index contributed by atoms with van der Waals surface area (Å²) in [6.45, 7) is 4.41. The van der Waals surface area contributed by atoms with Gasteiger partial charge in [-0.1, -0.05) is 238 Å². The molecule has 0 fully saturated rings. The summed E-state index contributed by atoms with van der Waals surface area (Å²) in [6.07, 6.45) is 77.4. The molecular formula is C79H132O17P2. The van der Waals surface area contributed by atoms with Crippen LogP contribution in [0.2, 0.25) is 0 Å². The summed E-state index contributed by atoms with van der Waals surface area (Å²) in [5, 5.41) is 10.6. The minimum Gasteiger partial charge on any atom is -0.462 e. The van der Waals surface area contributed by atoms with E-state index in [9.17, 15) is 43.2 Å². The van der Waals surface area contributed by atoms with E-state index in [0.717, 1.165) is 180 Å². The van der Waals surface area contributed by atoms with Gasteiger partial charge in [-0.15, -0.1) is 0 Å². The molecular weight excluding hydrogens is 1280 g/mol. The first-order valence-electron chi connectivity index (χ1n) is 37.4. The molecule has 17 nitrogen and oxygen atoms in total. The molecule has 0 amide bonds. The fraction of sp³-hybridized carbons (Fsp3) is 0.671. The third kappa shape index (κ3) is 69.7. The first-order valence-corrected chi connectivity index (χ1v) is 40.4. The molecule has 0 radical (unpaired) electrons. The van der Waals surface area contributed by atoms with Crippen molar-refractivity contribution in [3.63, 3.8) is 0 Å². The number of aliphatic hydroxyl groups excluding tert-OH is 1. The second-order valence-corrected chi connectivity index (χ2v) is 27.3. The molecule has 560 valence electrons. The van der Waals surface area contributed by atoms with Gasteiger partial charge in [-0.3, -0.25) is 37.3 Å². The molecule has 0 heterocycles. The van der Waals surface area contributed by atoms with Crippen LogP contribution >= 0.6 is 15.6 Å². The van der Waals surface area contributed by atoms with Gasteiger partial charge in [-0.05, 0) is 154 Å². The number of hydrogen-bond acceptors (Lipinski definition) is 15. The highest BCUT2D eigenvalue weighted by molar-refractivity contribution is 7.47. The minimum atomic E-state index is -4.99. The van der Waals surface area contributed by atoms with E-state index in [0.29, 0.717) is 25.7 Å². The van der Waals surface area contributed by atoms with Gasteiger partial charge in [0, 0.05) is 25.7 Å². The number of aliphatic hydroxyl groups is 1. The molecule has 0 saturated heterocycles. The van der Waals surface area contributed by atoms with Crippen molar-refractivity contribution in [2.75, 3.05) is 39.6 Å². The molecule has 0 aromatic heterocycles. The molecule has 0 rings (SSSR count). The van der Waals surface area contributed by atoms with Crippen molar-refractivity contribution in [2.45, 2.75) is 303 Å². The van der Waals surface area contributed by atoms with Crippen LogP contribution in [0.1, 0.15) is 285 Å². The Morgan fingerprint density at radius 1 is 0.296 bits per heavy atom. The third-order valence-electron chi connectivity index (χ3n) is 15.1. The van der Waals surface area contributed by atoms with E-state index in [4.69, 9.17) is 37.0 Å². The Bertz CT molecular complexity index is 2380. The average Bonchev–Trinajstić information content (AvgIpc) is 1.04. The molecule has 98 heavy (non-hydrogen) atoms. The van der Waals surface area contributed by atoms with Crippen molar-refractivity contribution < 1.29 is 80.2 Å². The Hall–Kier alpha value is -4.80. The van der Waals surface area contributed by atoms with Crippen LogP contribution in [-0.2, 0) is 65.4 Å². The molecule has 3 N–H and O–H groups in total. The van der Waals surface area contributed by atoms with Crippen molar-refractivity contribution in [2.24, 2.45) is 0 Å². The van der Waals surface area contributed by atoms with Crippen LogP contribution in [0.5, 0.6) is 0 Å². The first-order chi connectivity index (χ1) is 47.7. The van der Waals surface area contributed by atoms with Crippen LogP contribution in [0, 0.1) is 0 Å². The number of esters is 4. The number of rotatable bonds is 69. The zero-order chi connectivity index (χ0) is 71.8. The fourth-order valence-electron chi connectivity index (χ4n) is 9.47. The average molecular weight is 1420 g/mol. The van der Waals surface area contributed by atoms with Gasteiger partial charge in [0.15, 0.2) is 12.2 Å². The number of allylic oxidation sites excluding steroid dienone is 22. The highest BCUT2D eigenvalue weighted by Gasteiger charge is 2.30. The number of carbonyl (C=O) groups is 4. The summed E-state index contributed by atoms with van der Waals surface area (Å²) in [5.41, 5.74) is 0. The zero-order valence-electron chi connectivity index (χ0n) is 60.9. The molecule has 0 aromatic carbocycles. The largest absolute Gasteiger partial charge is 0.472 e. The van der Waals surface area contributed by atoms with E-state index in [-0.39, 0.29) is 25.7 Å². The van der Waals surface area contributed by atoms with Gasteiger partial charge in [0.1, 0.15) is 19.3 Å². The van der Waals surface area contributed by atoms with Crippen LogP contribution in [0.3, 0.4) is 0 Å². The minimum absolute atomic E-state index is 0.0625. The topological polar surface area (TPSA) is 237 Å². The molecule has 0 bridgehead atoms. The SMILES string of the molecule is CC/C=C\C/C=C\C/C=C\C/C=C\CCCCC(=O)OCC(COP(=O)(O)OCC(O)COP(=O)(O)OCC(COC(=O)CCCCCCC/C=C\C/C=C\C/C=C\CC)OC(=O)CCCCCCC/C=C\CCCCCC)OC(=O)CCCCCCC/C=C\C/C=C\C/C=C\CC. The second kappa shape index (κ2) is 70.6. The van der Waals surface area contributed by atoms with E-state index < -0.39 is 97.5 Å². The van der Waals surface area contributed by atoms with Crippen molar-refractivity contribution in [3.8, 4) is 0 Å². The number of phosphoric acid groups is 2. The predicted octanol–water partition coefficient (Wildman–Crippen LogP) is 21.3. The molecule has 0 aromatic rings. The maximum atomic E-state index is 13.1. The summed E-state index contributed by atoms with van der Waals surface area (Å²) < 4.78 is 68.4. The summed E-state index contributed by atoms with van der Waals surface area (Å²) in [6, 6.07) is 0. The van der Waals surface area contributed by atoms with Crippen LogP contribution in [0.4, 0.5) is 0 Å². The lowest BCUT2D eigenvalue weighted by atomic mass is 10.1. The summed E-state index contributed by atoms with van der Waals surface area (Å²) >= 11 is 0. The molecule has 19 heteroatoms. The summed E-state index contributed by atoms with van der Waals surface area (Å²) in [5.74, 6) is -2.27. The van der Waals surface area contributed by atoms with Crippen molar-refractivity contribution in [1.29, 1.82) is 0 Å². The summed E-state index contributed by atoms with van der Waals surface area (Å²) in [7, 11) is -9.98. The molecule has 0 aliphatic carbocycles. The normalized spacial score (nSPS) is 14.7. The molecule has 0 spiro atoms. The Morgan fingerprint density at radius 3 is 0.847 bits per heavy atom. The predicted molar refractivity (Wildman–Crippen MR) is 399 cm³/mol. The van der Waals surface area contributed by atoms with Crippen molar-refractivity contribution in [3.05, 3.63) is 134 Å². The Kier molecular flexibility index (Phi) is 67.2. The molecule has 0 saturated carbocycles. The monoisotopic (exact) mass is 1410 g/mol. The number of carbonyl (C=O) groups excluding carboxylic acids is 4.